The van der Waals surface area contributed by atoms with E-state index in [9.17, 15) is 4.79 Å². The number of carbonyl (C=O) groups is 1. The molecule has 2 aliphatic heterocycles. The molecular formula is C9H10N2O2. The summed E-state index contributed by atoms with van der Waals surface area (Å²) in [6.45, 7) is 0.750. The summed E-state index contributed by atoms with van der Waals surface area (Å²) in [5.41, 5.74) is -0.495. The lowest BCUT2D eigenvalue weighted by Crippen LogP contribution is -2.47. The summed E-state index contributed by atoms with van der Waals surface area (Å²) in [6.07, 6.45) is 6.60. The van der Waals surface area contributed by atoms with E-state index in [1.165, 1.54) is 10.9 Å². The highest BCUT2D eigenvalue weighted by Gasteiger charge is 2.57. The second-order valence-corrected chi connectivity index (χ2v) is 3.85. The van der Waals surface area contributed by atoms with Crippen molar-refractivity contribution in [1.29, 1.82) is 0 Å². The molecule has 0 N–H and O–H groups in total. The van der Waals surface area contributed by atoms with Crippen molar-refractivity contribution in [3.8, 4) is 0 Å². The predicted octanol–water partition coefficient (Wildman–Crippen LogP) is 0.702. The number of hydrogen-bond donors (Lipinski definition) is 0. The predicted molar refractivity (Wildman–Crippen MR) is 44.3 cm³/mol. The Labute approximate surface area is 75.5 Å². The van der Waals surface area contributed by atoms with E-state index < -0.39 is 5.60 Å². The van der Waals surface area contributed by atoms with Gasteiger partial charge in [-0.2, -0.15) is 0 Å². The van der Waals surface area contributed by atoms with Crippen LogP contribution in [0.2, 0.25) is 0 Å². The smallest absolute Gasteiger partial charge is 0.264 e. The van der Waals surface area contributed by atoms with Gasteiger partial charge < -0.3 is 4.74 Å². The highest BCUT2D eigenvalue weighted by Crippen LogP contribution is 2.49. The largest absolute Gasteiger partial charge is 0.365 e. The van der Waals surface area contributed by atoms with E-state index in [-0.39, 0.29) is 5.91 Å². The molecule has 68 valence electrons. The van der Waals surface area contributed by atoms with Crippen molar-refractivity contribution in [2.75, 3.05) is 6.61 Å². The van der Waals surface area contributed by atoms with Gasteiger partial charge in [-0.15, -0.1) is 0 Å². The van der Waals surface area contributed by atoms with Crippen LogP contribution in [0.4, 0.5) is 0 Å². The monoisotopic (exact) mass is 178 g/mol. The van der Waals surface area contributed by atoms with Crippen molar-refractivity contribution in [2.24, 2.45) is 5.92 Å². The summed E-state index contributed by atoms with van der Waals surface area (Å²) in [6, 6.07) is 0. The molecule has 4 heteroatoms. The number of nitrogens with zero attached hydrogens (tertiary/aromatic N) is 2. The third-order valence-electron chi connectivity index (χ3n) is 2.96. The summed E-state index contributed by atoms with van der Waals surface area (Å²) in [7, 11) is 0. The fourth-order valence-corrected chi connectivity index (χ4v) is 2.24. The Kier molecular flexibility index (Phi) is 1.23. The van der Waals surface area contributed by atoms with Crippen LogP contribution in [-0.4, -0.2) is 27.7 Å². The molecule has 1 saturated carbocycles. The lowest BCUT2D eigenvalue weighted by atomic mass is 9.74. The number of carbonyl (C=O) groups excluding carboxylic acids is 1. The van der Waals surface area contributed by atoms with Gasteiger partial charge in [0.2, 0.25) is 0 Å². The minimum atomic E-state index is -0.495. The Hall–Kier alpha value is -1.16. The molecule has 1 aliphatic carbocycles. The number of rotatable bonds is 1. The van der Waals surface area contributed by atoms with E-state index in [4.69, 9.17) is 4.74 Å². The molecular weight excluding hydrogens is 168 g/mol. The number of fused-ring (bicyclic) bond motifs is 1. The first-order chi connectivity index (χ1) is 6.30. The molecule has 4 nitrogen and oxygen atoms in total. The molecule has 4 rings (SSSR count). The van der Waals surface area contributed by atoms with Gasteiger partial charge in [0.15, 0.2) is 0 Å². The molecule has 0 aromatic carbocycles. The topological polar surface area (TPSA) is 44.1 Å². The minimum absolute atomic E-state index is 0.0405. The van der Waals surface area contributed by atoms with E-state index in [0.717, 1.165) is 19.4 Å². The minimum Gasteiger partial charge on any atom is -0.365 e. The maximum atomic E-state index is 11.9. The van der Waals surface area contributed by atoms with Crippen LogP contribution in [0, 0.1) is 5.92 Å². The fraction of sp³-hybridized carbons (Fsp3) is 0.556. The van der Waals surface area contributed by atoms with Crippen LogP contribution in [0.25, 0.3) is 0 Å². The van der Waals surface area contributed by atoms with Crippen molar-refractivity contribution < 1.29 is 9.53 Å². The molecule has 3 heterocycles. The van der Waals surface area contributed by atoms with E-state index in [1.54, 1.807) is 12.4 Å². The van der Waals surface area contributed by atoms with Crippen molar-refractivity contribution >= 4 is 5.91 Å². The van der Waals surface area contributed by atoms with Gasteiger partial charge in [0.05, 0.1) is 6.61 Å². The summed E-state index contributed by atoms with van der Waals surface area (Å²) in [5, 5.41) is 0. The normalized spacial score (nSPS) is 35.8. The molecule has 3 fully saturated rings. The van der Waals surface area contributed by atoms with Crippen molar-refractivity contribution in [1.82, 2.24) is 9.55 Å². The molecule has 0 amide bonds. The Morgan fingerprint density at radius 1 is 1.62 bits per heavy atom. The molecule has 0 unspecified atom stereocenters. The third kappa shape index (κ3) is 0.836. The Bertz CT molecular complexity index is 333. The summed E-state index contributed by atoms with van der Waals surface area (Å²) < 4.78 is 7.02. The number of aromatic nitrogens is 2. The zero-order valence-electron chi connectivity index (χ0n) is 7.14. The lowest BCUT2D eigenvalue weighted by molar-refractivity contribution is 0.00206. The molecule has 1 aromatic heterocycles. The van der Waals surface area contributed by atoms with Gasteiger partial charge in [-0.3, -0.25) is 9.36 Å². The van der Waals surface area contributed by atoms with Crippen molar-refractivity contribution in [3.63, 3.8) is 0 Å². The molecule has 0 spiro atoms. The Balaban J connectivity index is 1.90. The molecule has 1 aromatic rings. The lowest BCUT2D eigenvalue weighted by Gasteiger charge is -2.33. The first kappa shape index (κ1) is 7.26. The second-order valence-electron chi connectivity index (χ2n) is 3.85. The summed E-state index contributed by atoms with van der Waals surface area (Å²) in [5.74, 6) is 0.659. The molecule has 2 bridgehead atoms. The van der Waals surface area contributed by atoms with Gasteiger partial charge in [0, 0.05) is 12.4 Å². The molecule has 2 saturated heterocycles. The van der Waals surface area contributed by atoms with Crippen LogP contribution >= 0.6 is 0 Å². The first-order valence-corrected chi connectivity index (χ1v) is 4.47. The van der Waals surface area contributed by atoms with E-state index in [2.05, 4.69) is 4.98 Å². The van der Waals surface area contributed by atoms with Crippen LogP contribution in [-0.2, 0) is 4.74 Å². The van der Waals surface area contributed by atoms with Crippen LogP contribution in [0.5, 0.6) is 0 Å². The maximum Gasteiger partial charge on any atom is 0.264 e. The van der Waals surface area contributed by atoms with Gasteiger partial charge in [-0.05, 0) is 18.8 Å². The number of hydrogen-bond acceptors (Lipinski definition) is 3. The zero-order valence-corrected chi connectivity index (χ0v) is 7.14. The van der Waals surface area contributed by atoms with Gasteiger partial charge in [0.1, 0.15) is 11.9 Å². The maximum absolute atomic E-state index is 11.9. The zero-order chi connectivity index (χ0) is 8.89. The van der Waals surface area contributed by atoms with Gasteiger partial charge >= 0.3 is 0 Å². The average Bonchev–Trinajstić information content (AvgIpc) is 2.78. The van der Waals surface area contributed by atoms with Crippen LogP contribution in [0.3, 0.4) is 0 Å². The molecule has 0 atom stereocenters. The quantitative estimate of drug-likeness (QED) is 0.636. The van der Waals surface area contributed by atoms with Crippen LogP contribution in [0.15, 0.2) is 18.7 Å². The molecule has 13 heavy (non-hydrogen) atoms. The van der Waals surface area contributed by atoms with Crippen LogP contribution in [0.1, 0.15) is 17.6 Å². The average molecular weight is 178 g/mol. The van der Waals surface area contributed by atoms with Crippen molar-refractivity contribution in [3.05, 3.63) is 18.7 Å². The van der Waals surface area contributed by atoms with E-state index in [0.29, 0.717) is 5.92 Å². The molecule has 0 radical (unpaired) electrons. The van der Waals surface area contributed by atoms with E-state index >= 15 is 0 Å². The third-order valence-corrected chi connectivity index (χ3v) is 2.96. The standard InChI is InChI=1S/C9H10N2O2/c12-8(11-2-1-10-6-11)9-3-7(4-9)5-13-9/h1-2,6-7H,3-5H2. The van der Waals surface area contributed by atoms with Gasteiger partial charge in [-0.25, -0.2) is 4.98 Å². The molecule has 3 aliphatic rings. The Morgan fingerprint density at radius 3 is 3.00 bits per heavy atom. The Morgan fingerprint density at radius 2 is 2.46 bits per heavy atom. The summed E-state index contributed by atoms with van der Waals surface area (Å²) >= 11 is 0. The highest BCUT2D eigenvalue weighted by molar-refractivity contribution is 5.89. The van der Waals surface area contributed by atoms with Crippen molar-refractivity contribution in [2.45, 2.75) is 18.4 Å². The van der Waals surface area contributed by atoms with Gasteiger partial charge in [0.25, 0.3) is 5.91 Å². The number of ether oxygens (including phenoxy) is 1. The SMILES string of the molecule is O=C(n1ccnc1)C12CC(CO1)C2. The van der Waals surface area contributed by atoms with E-state index in [1.807, 2.05) is 0 Å². The van der Waals surface area contributed by atoms with Gasteiger partial charge in [-0.1, -0.05) is 0 Å². The second kappa shape index (κ2) is 2.20. The first-order valence-electron chi connectivity index (χ1n) is 4.47. The fourth-order valence-electron chi connectivity index (χ4n) is 2.24. The highest BCUT2D eigenvalue weighted by atomic mass is 16.5. The van der Waals surface area contributed by atoms with Crippen LogP contribution < -0.4 is 0 Å². The summed E-state index contributed by atoms with van der Waals surface area (Å²) in [4.78, 5) is 15.7. The number of imidazole rings is 1.